The van der Waals surface area contributed by atoms with Gasteiger partial charge in [0.25, 0.3) is 0 Å². The lowest BCUT2D eigenvalue weighted by molar-refractivity contribution is -0.116. The van der Waals surface area contributed by atoms with E-state index in [1.165, 1.54) is 6.92 Å². The first-order valence-electron chi connectivity index (χ1n) is 7.83. The summed E-state index contributed by atoms with van der Waals surface area (Å²) in [7, 11) is 1.64. The molecule has 2 N–H and O–H groups in total. The van der Waals surface area contributed by atoms with Crippen LogP contribution in [0.15, 0.2) is 48.5 Å². The summed E-state index contributed by atoms with van der Waals surface area (Å²) in [6.45, 7) is 2.80. The fourth-order valence-electron chi connectivity index (χ4n) is 2.19. The van der Waals surface area contributed by atoms with Crippen LogP contribution in [0, 0.1) is 0 Å². The summed E-state index contributed by atoms with van der Waals surface area (Å²) in [5, 5.41) is 6.05. The number of hydrogen-bond donors (Lipinski definition) is 2. The van der Waals surface area contributed by atoms with E-state index in [1.807, 2.05) is 24.3 Å². The SMILES string of the molecule is COc1ccc(CNCCC(=O)Nc2ccc(C(C)=O)cc2)cc1. The molecule has 126 valence electrons. The van der Waals surface area contributed by atoms with Gasteiger partial charge in [-0.15, -0.1) is 0 Å². The lowest BCUT2D eigenvalue weighted by atomic mass is 10.1. The van der Waals surface area contributed by atoms with Crippen molar-refractivity contribution in [3.05, 3.63) is 59.7 Å². The number of carbonyl (C=O) groups excluding carboxylic acids is 2. The molecule has 0 fully saturated rings. The molecular weight excluding hydrogens is 304 g/mol. The number of carbonyl (C=O) groups is 2. The predicted octanol–water partition coefficient (Wildman–Crippen LogP) is 3.02. The van der Waals surface area contributed by atoms with E-state index in [9.17, 15) is 9.59 Å². The summed E-state index contributed by atoms with van der Waals surface area (Å²) < 4.78 is 5.11. The average molecular weight is 326 g/mol. The molecule has 0 saturated heterocycles. The lowest BCUT2D eigenvalue weighted by Gasteiger charge is -2.08. The van der Waals surface area contributed by atoms with Crippen molar-refractivity contribution in [3.63, 3.8) is 0 Å². The highest BCUT2D eigenvalue weighted by Gasteiger charge is 2.04. The second-order valence-corrected chi connectivity index (χ2v) is 5.46. The van der Waals surface area contributed by atoms with Crippen LogP contribution in [0.1, 0.15) is 29.3 Å². The van der Waals surface area contributed by atoms with Gasteiger partial charge in [0, 0.05) is 30.8 Å². The van der Waals surface area contributed by atoms with Crippen LogP contribution in [-0.4, -0.2) is 25.3 Å². The number of ether oxygens (including phenoxy) is 1. The lowest BCUT2D eigenvalue weighted by Crippen LogP contribution is -2.21. The Kier molecular flexibility index (Phi) is 6.51. The first-order chi connectivity index (χ1) is 11.6. The number of ketones is 1. The second kappa shape index (κ2) is 8.84. The maximum atomic E-state index is 11.9. The Morgan fingerprint density at radius 2 is 1.67 bits per heavy atom. The molecule has 0 aliphatic rings. The van der Waals surface area contributed by atoms with Crippen LogP contribution >= 0.6 is 0 Å². The summed E-state index contributed by atoms with van der Waals surface area (Å²) in [5.74, 6) is 0.775. The van der Waals surface area contributed by atoms with Gasteiger partial charge in [0.05, 0.1) is 7.11 Å². The van der Waals surface area contributed by atoms with E-state index in [-0.39, 0.29) is 11.7 Å². The Morgan fingerprint density at radius 3 is 2.25 bits per heavy atom. The molecule has 0 heterocycles. The number of Topliss-reactive ketones (excluding diaryl/α,β-unsaturated/α-hetero) is 1. The molecule has 0 atom stereocenters. The minimum Gasteiger partial charge on any atom is -0.497 e. The smallest absolute Gasteiger partial charge is 0.225 e. The van der Waals surface area contributed by atoms with Crippen molar-refractivity contribution in [2.45, 2.75) is 19.9 Å². The average Bonchev–Trinajstić information content (AvgIpc) is 2.59. The molecular formula is C19H22N2O3. The van der Waals surface area contributed by atoms with Gasteiger partial charge in [-0.3, -0.25) is 9.59 Å². The van der Waals surface area contributed by atoms with Crippen molar-refractivity contribution in [1.82, 2.24) is 5.32 Å². The molecule has 24 heavy (non-hydrogen) atoms. The number of amides is 1. The number of rotatable bonds is 8. The van der Waals surface area contributed by atoms with Crippen LogP contribution < -0.4 is 15.4 Å². The second-order valence-electron chi connectivity index (χ2n) is 5.46. The van der Waals surface area contributed by atoms with Gasteiger partial charge in [-0.2, -0.15) is 0 Å². The predicted molar refractivity (Wildman–Crippen MR) is 94.4 cm³/mol. The first-order valence-corrected chi connectivity index (χ1v) is 7.83. The minimum atomic E-state index is -0.0622. The van der Waals surface area contributed by atoms with E-state index in [4.69, 9.17) is 4.74 Å². The van der Waals surface area contributed by atoms with Crippen molar-refractivity contribution in [1.29, 1.82) is 0 Å². The third-order valence-electron chi connectivity index (χ3n) is 3.59. The van der Waals surface area contributed by atoms with Crippen LogP contribution in [-0.2, 0) is 11.3 Å². The molecule has 0 bridgehead atoms. The number of hydrogen-bond acceptors (Lipinski definition) is 4. The Hall–Kier alpha value is -2.66. The zero-order chi connectivity index (χ0) is 17.4. The van der Waals surface area contributed by atoms with Gasteiger partial charge >= 0.3 is 0 Å². The van der Waals surface area contributed by atoms with E-state index in [1.54, 1.807) is 31.4 Å². The minimum absolute atomic E-state index is 0.00982. The molecule has 5 heteroatoms. The Labute approximate surface area is 142 Å². The highest BCUT2D eigenvalue weighted by molar-refractivity contribution is 5.95. The highest BCUT2D eigenvalue weighted by Crippen LogP contribution is 2.11. The maximum Gasteiger partial charge on any atom is 0.225 e. The van der Waals surface area contributed by atoms with Crippen molar-refractivity contribution in [3.8, 4) is 5.75 Å². The van der Waals surface area contributed by atoms with Crippen molar-refractivity contribution in [2.75, 3.05) is 19.0 Å². The fraction of sp³-hybridized carbons (Fsp3) is 0.263. The Balaban J connectivity index is 1.69. The molecule has 5 nitrogen and oxygen atoms in total. The number of benzene rings is 2. The topological polar surface area (TPSA) is 67.4 Å². The first kappa shape index (κ1) is 17.7. The van der Waals surface area contributed by atoms with Crippen LogP contribution in [0.3, 0.4) is 0 Å². The monoisotopic (exact) mass is 326 g/mol. The highest BCUT2D eigenvalue weighted by atomic mass is 16.5. The van der Waals surface area contributed by atoms with Gasteiger partial charge in [0.2, 0.25) is 5.91 Å². The Bertz CT molecular complexity index is 679. The third kappa shape index (κ3) is 5.52. The molecule has 0 aliphatic heterocycles. The Morgan fingerprint density at radius 1 is 1.00 bits per heavy atom. The van der Waals surface area contributed by atoms with E-state index in [2.05, 4.69) is 10.6 Å². The quantitative estimate of drug-likeness (QED) is 0.578. The molecule has 0 aromatic heterocycles. The van der Waals surface area contributed by atoms with E-state index >= 15 is 0 Å². The van der Waals surface area contributed by atoms with Gasteiger partial charge < -0.3 is 15.4 Å². The molecule has 2 aromatic rings. The summed E-state index contributed by atoms with van der Waals surface area (Å²) in [4.78, 5) is 23.1. The van der Waals surface area contributed by atoms with Crippen LogP contribution in [0.4, 0.5) is 5.69 Å². The summed E-state index contributed by atoms with van der Waals surface area (Å²) in [5.41, 5.74) is 2.46. The summed E-state index contributed by atoms with van der Waals surface area (Å²) >= 11 is 0. The molecule has 0 radical (unpaired) electrons. The van der Waals surface area contributed by atoms with E-state index in [0.29, 0.717) is 30.8 Å². The van der Waals surface area contributed by atoms with Crippen LogP contribution in [0.25, 0.3) is 0 Å². The van der Waals surface area contributed by atoms with Gasteiger partial charge in [0.1, 0.15) is 5.75 Å². The molecule has 1 amide bonds. The summed E-state index contributed by atoms with van der Waals surface area (Å²) in [6.07, 6.45) is 0.380. The van der Waals surface area contributed by atoms with Crippen molar-refractivity contribution >= 4 is 17.4 Å². The van der Waals surface area contributed by atoms with Gasteiger partial charge in [0.15, 0.2) is 5.78 Å². The molecule has 0 saturated carbocycles. The normalized spacial score (nSPS) is 10.2. The molecule has 2 rings (SSSR count). The molecule has 0 aliphatic carbocycles. The standard InChI is InChI=1S/C19H22N2O3/c1-14(22)16-5-7-17(8-6-16)21-19(23)11-12-20-13-15-3-9-18(24-2)10-4-15/h3-10,20H,11-13H2,1-2H3,(H,21,23). The molecule has 0 spiro atoms. The van der Waals surface area contributed by atoms with Crippen LogP contribution in [0.5, 0.6) is 5.75 Å². The fourth-order valence-corrected chi connectivity index (χ4v) is 2.19. The zero-order valence-electron chi connectivity index (χ0n) is 14.0. The van der Waals surface area contributed by atoms with E-state index in [0.717, 1.165) is 11.3 Å². The van der Waals surface area contributed by atoms with Gasteiger partial charge in [-0.1, -0.05) is 12.1 Å². The number of nitrogens with one attached hydrogen (secondary N) is 2. The number of methoxy groups -OCH3 is 1. The molecule has 0 unspecified atom stereocenters. The largest absolute Gasteiger partial charge is 0.497 e. The van der Waals surface area contributed by atoms with Crippen molar-refractivity contribution < 1.29 is 14.3 Å². The maximum absolute atomic E-state index is 11.9. The van der Waals surface area contributed by atoms with Gasteiger partial charge in [-0.05, 0) is 48.9 Å². The van der Waals surface area contributed by atoms with Crippen molar-refractivity contribution in [2.24, 2.45) is 0 Å². The van der Waals surface area contributed by atoms with Crippen LogP contribution in [0.2, 0.25) is 0 Å². The van der Waals surface area contributed by atoms with Gasteiger partial charge in [-0.25, -0.2) is 0 Å². The molecule has 2 aromatic carbocycles. The van der Waals surface area contributed by atoms with E-state index < -0.39 is 0 Å². The number of anilines is 1. The summed E-state index contributed by atoms with van der Waals surface area (Å²) in [6, 6.07) is 14.7. The third-order valence-corrected chi connectivity index (χ3v) is 3.59. The zero-order valence-corrected chi connectivity index (χ0v) is 14.0.